The highest BCUT2D eigenvalue weighted by molar-refractivity contribution is 7.18. The summed E-state index contributed by atoms with van der Waals surface area (Å²) in [6.07, 6.45) is 5.91. The molecule has 4 heterocycles. The Kier molecular flexibility index (Phi) is 5.90. The van der Waals surface area contributed by atoms with E-state index in [1.807, 2.05) is 36.7 Å². The van der Waals surface area contributed by atoms with E-state index in [-0.39, 0.29) is 5.91 Å². The number of para-hydroxylation sites is 2. The molecule has 9 heteroatoms. The van der Waals surface area contributed by atoms with Gasteiger partial charge in [-0.2, -0.15) is 0 Å². The van der Waals surface area contributed by atoms with Crippen LogP contribution in [0.25, 0.3) is 16.2 Å². The molecule has 0 saturated carbocycles. The highest BCUT2D eigenvalue weighted by Crippen LogP contribution is 2.33. The van der Waals surface area contributed by atoms with E-state index in [0.717, 1.165) is 45.8 Å². The largest absolute Gasteiger partial charge is 0.397 e. The van der Waals surface area contributed by atoms with Crippen molar-refractivity contribution in [3.05, 3.63) is 120 Å². The molecule has 1 amide bonds. The predicted molar refractivity (Wildman–Crippen MR) is 161 cm³/mol. The number of thiazole rings is 1. The summed E-state index contributed by atoms with van der Waals surface area (Å²) in [6.45, 7) is 1.81. The topological polar surface area (TPSA) is 101 Å². The van der Waals surface area contributed by atoms with E-state index in [4.69, 9.17) is 5.73 Å². The Bertz CT molecular complexity index is 1830. The number of imidazole rings is 1. The van der Waals surface area contributed by atoms with Crippen LogP contribution in [0.5, 0.6) is 0 Å². The number of benzene rings is 3. The van der Waals surface area contributed by atoms with Crippen LogP contribution < -0.4 is 21.3 Å². The summed E-state index contributed by atoms with van der Waals surface area (Å²) < 4.78 is 2.13. The lowest BCUT2D eigenvalue weighted by molar-refractivity contribution is 0.102. The number of amides is 1. The first-order valence-electron chi connectivity index (χ1n) is 12.9. The third-order valence-electron chi connectivity index (χ3n) is 7.06. The van der Waals surface area contributed by atoms with Crippen LogP contribution >= 0.6 is 11.3 Å². The Hall–Kier alpha value is -5.15. The second kappa shape index (κ2) is 9.87. The molecule has 7 rings (SSSR count). The van der Waals surface area contributed by atoms with Crippen LogP contribution in [0.2, 0.25) is 0 Å². The number of fused-ring (bicyclic) bond motifs is 2. The molecule has 1 aliphatic rings. The summed E-state index contributed by atoms with van der Waals surface area (Å²) in [5, 5.41) is 6.95. The maximum Gasteiger partial charge on any atom is 0.255 e. The number of carbonyl (C=O) groups excluding carboxylic acids is 1. The molecule has 0 radical (unpaired) electrons. The number of hydrogen-bond acceptors (Lipinski definition) is 7. The van der Waals surface area contributed by atoms with Crippen molar-refractivity contribution >= 4 is 50.8 Å². The van der Waals surface area contributed by atoms with Crippen molar-refractivity contribution in [2.24, 2.45) is 0 Å². The molecule has 1 aliphatic heterocycles. The molecule has 0 spiro atoms. The molecular formula is C31H25N7OS. The molecule has 6 aromatic rings. The summed E-state index contributed by atoms with van der Waals surface area (Å²) >= 11 is 1.55. The van der Waals surface area contributed by atoms with Gasteiger partial charge in [0.15, 0.2) is 5.13 Å². The number of rotatable bonds is 6. The predicted octanol–water partition coefficient (Wildman–Crippen LogP) is 6.56. The van der Waals surface area contributed by atoms with Crippen molar-refractivity contribution in [1.82, 2.24) is 14.4 Å². The number of carbonyl (C=O) groups is 1. The first-order valence-corrected chi connectivity index (χ1v) is 13.7. The molecule has 3 aromatic heterocycles. The second-order valence-electron chi connectivity index (χ2n) is 9.66. The lowest BCUT2D eigenvalue weighted by atomic mass is 10.1. The number of hydrogen-bond donors (Lipinski definition) is 3. The molecule has 4 N–H and O–H groups in total. The monoisotopic (exact) mass is 543 g/mol. The van der Waals surface area contributed by atoms with Crippen LogP contribution in [-0.2, 0) is 13.1 Å². The van der Waals surface area contributed by atoms with Gasteiger partial charge in [-0.25, -0.2) is 9.97 Å². The maximum atomic E-state index is 12.6. The number of anilines is 5. The van der Waals surface area contributed by atoms with E-state index in [1.54, 1.807) is 35.6 Å². The van der Waals surface area contributed by atoms with Crippen LogP contribution in [0.1, 0.15) is 21.5 Å². The van der Waals surface area contributed by atoms with Gasteiger partial charge in [0.2, 0.25) is 0 Å². The second-order valence-corrected chi connectivity index (χ2v) is 10.7. The molecule has 8 nitrogen and oxygen atoms in total. The first kappa shape index (κ1) is 23.9. The summed E-state index contributed by atoms with van der Waals surface area (Å²) in [5.41, 5.74) is 14.2. The van der Waals surface area contributed by atoms with E-state index >= 15 is 0 Å². The van der Waals surface area contributed by atoms with Gasteiger partial charge in [-0.15, -0.1) is 0 Å². The van der Waals surface area contributed by atoms with Crippen molar-refractivity contribution in [2.75, 3.05) is 21.3 Å². The van der Waals surface area contributed by atoms with Gasteiger partial charge in [0.25, 0.3) is 5.91 Å². The Morgan fingerprint density at radius 2 is 1.60 bits per heavy atom. The van der Waals surface area contributed by atoms with Crippen molar-refractivity contribution < 1.29 is 4.79 Å². The van der Waals surface area contributed by atoms with Gasteiger partial charge in [0.1, 0.15) is 5.65 Å². The quantitative estimate of drug-likeness (QED) is 0.206. The molecule has 0 unspecified atom stereocenters. The Morgan fingerprint density at radius 3 is 2.38 bits per heavy atom. The van der Waals surface area contributed by atoms with Gasteiger partial charge in [-0.3, -0.25) is 9.20 Å². The molecule has 0 saturated heterocycles. The third kappa shape index (κ3) is 4.52. The molecule has 0 bridgehead atoms. The van der Waals surface area contributed by atoms with Gasteiger partial charge < -0.3 is 21.3 Å². The van der Waals surface area contributed by atoms with Crippen molar-refractivity contribution in [3.63, 3.8) is 0 Å². The fourth-order valence-electron chi connectivity index (χ4n) is 4.94. The lowest BCUT2D eigenvalue weighted by Gasteiger charge is -2.18. The van der Waals surface area contributed by atoms with E-state index in [1.165, 1.54) is 11.1 Å². The molecular weight excluding hydrogens is 518 g/mol. The van der Waals surface area contributed by atoms with Gasteiger partial charge >= 0.3 is 0 Å². The normalized spacial score (nSPS) is 12.4. The maximum absolute atomic E-state index is 12.6. The summed E-state index contributed by atoms with van der Waals surface area (Å²) in [6, 6.07) is 27.3. The van der Waals surface area contributed by atoms with Crippen molar-refractivity contribution in [1.29, 1.82) is 0 Å². The lowest BCUT2D eigenvalue weighted by Crippen LogP contribution is -2.14. The highest BCUT2D eigenvalue weighted by Gasteiger charge is 2.20. The van der Waals surface area contributed by atoms with Gasteiger partial charge in [-0.1, -0.05) is 47.7 Å². The molecule has 40 heavy (non-hydrogen) atoms. The van der Waals surface area contributed by atoms with E-state index in [2.05, 4.69) is 72.5 Å². The Morgan fingerprint density at radius 1 is 0.850 bits per heavy atom. The molecule has 196 valence electrons. The van der Waals surface area contributed by atoms with E-state index in [9.17, 15) is 4.79 Å². The summed E-state index contributed by atoms with van der Waals surface area (Å²) in [7, 11) is 0. The Labute approximate surface area is 234 Å². The van der Waals surface area contributed by atoms with Gasteiger partial charge in [0, 0.05) is 36.7 Å². The molecule has 0 aliphatic carbocycles. The van der Waals surface area contributed by atoms with Crippen molar-refractivity contribution in [3.8, 4) is 10.6 Å². The summed E-state index contributed by atoms with van der Waals surface area (Å²) in [5.74, 6) is -0.217. The van der Waals surface area contributed by atoms with Crippen LogP contribution in [0, 0.1) is 0 Å². The smallest absolute Gasteiger partial charge is 0.255 e. The molecule has 3 aromatic carbocycles. The minimum Gasteiger partial charge on any atom is -0.397 e. The standard InChI is InChI=1S/C31H25N7OS/c32-25-7-3-4-8-26(25)36-30(39)20-9-11-23(12-10-20)35-31-34-16-28(40-31)27-15-33-29-14-13-24(19-38(27)29)37-17-21-5-1-2-6-22(21)18-37/h1-16,19H,17-18,32H2,(H,34,35)(H,36,39). The zero-order chi connectivity index (χ0) is 27.1. The van der Waals surface area contributed by atoms with E-state index in [0.29, 0.717) is 16.9 Å². The number of nitrogens with two attached hydrogens (primary N) is 1. The highest BCUT2D eigenvalue weighted by atomic mass is 32.1. The number of nitrogens with zero attached hydrogens (tertiary/aromatic N) is 4. The number of pyridine rings is 1. The van der Waals surface area contributed by atoms with Crippen molar-refractivity contribution in [2.45, 2.75) is 13.1 Å². The van der Waals surface area contributed by atoms with Crippen LogP contribution in [0.4, 0.5) is 27.9 Å². The van der Waals surface area contributed by atoms with E-state index < -0.39 is 0 Å². The number of nitrogens with one attached hydrogen (secondary N) is 2. The minimum atomic E-state index is -0.217. The zero-order valence-electron chi connectivity index (χ0n) is 21.4. The van der Waals surface area contributed by atoms with Crippen LogP contribution in [0.15, 0.2) is 104 Å². The van der Waals surface area contributed by atoms with Gasteiger partial charge in [0.05, 0.1) is 33.8 Å². The zero-order valence-corrected chi connectivity index (χ0v) is 22.2. The number of nitrogen functional groups attached to an aromatic ring is 1. The fraction of sp³-hybridized carbons (Fsp3) is 0.0645. The SMILES string of the molecule is Nc1ccccc1NC(=O)c1ccc(Nc2ncc(-c3cnc4ccc(N5Cc6ccccc6C5)cn34)s2)cc1. The Balaban J connectivity index is 1.07. The molecule has 0 fully saturated rings. The fourth-order valence-corrected chi connectivity index (χ4v) is 5.78. The average molecular weight is 544 g/mol. The van der Waals surface area contributed by atoms with Crippen LogP contribution in [0.3, 0.4) is 0 Å². The van der Waals surface area contributed by atoms with Gasteiger partial charge in [-0.05, 0) is 59.7 Å². The third-order valence-corrected chi connectivity index (χ3v) is 8.00. The molecule has 0 atom stereocenters. The van der Waals surface area contributed by atoms with Crippen LogP contribution in [-0.4, -0.2) is 20.3 Å². The average Bonchev–Trinajstić information content (AvgIpc) is 3.72. The number of aromatic nitrogens is 3. The minimum absolute atomic E-state index is 0.217. The summed E-state index contributed by atoms with van der Waals surface area (Å²) in [4.78, 5) is 25.2. The first-order chi connectivity index (χ1) is 19.6.